The molecule has 2 N–H and O–H groups in total. The molecule has 6 nitrogen and oxygen atoms in total. The molecule has 4 rings (SSSR count). The van der Waals surface area contributed by atoms with Crippen LogP contribution in [-0.2, 0) is 16.1 Å². The van der Waals surface area contributed by atoms with Gasteiger partial charge < -0.3 is 20.1 Å². The van der Waals surface area contributed by atoms with E-state index in [4.69, 9.17) is 4.74 Å². The molecular weight excluding hydrogens is 531 g/mol. The van der Waals surface area contributed by atoms with Gasteiger partial charge in [0, 0.05) is 3.57 Å². The summed E-state index contributed by atoms with van der Waals surface area (Å²) in [5.74, 6) is -0.213. The number of hydrogen-bond donors (Lipinski definition) is 2. The molecule has 1 aliphatic carbocycles. The molecule has 1 amide bonds. The second-order valence-corrected chi connectivity index (χ2v) is 10.2. The van der Waals surface area contributed by atoms with Crippen LogP contribution >= 0.6 is 22.6 Å². The van der Waals surface area contributed by atoms with Crippen molar-refractivity contribution < 1.29 is 19.4 Å². The number of carbonyl (C=O) groups is 2. The predicted molar refractivity (Wildman–Crippen MR) is 136 cm³/mol. The monoisotopic (exact) mass is 562 g/mol. The Balaban J connectivity index is 1.45. The van der Waals surface area contributed by atoms with Crippen LogP contribution in [0.4, 0.5) is 5.69 Å². The van der Waals surface area contributed by atoms with Crippen LogP contribution in [0.25, 0.3) is 0 Å². The molecule has 2 aromatic carbocycles. The summed E-state index contributed by atoms with van der Waals surface area (Å²) in [6.45, 7) is 1.15. The fourth-order valence-corrected chi connectivity index (χ4v) is 5.31. The molecular formula is C26H31IN2O4. The lowest BCUT2D eigenvalue weighted by Gasteiger charge is -2.28. The second-order valence-electron chi connectivity index (χ2n) is 8.97. The minimum absolute atomic E-state index is 0.0527. The van der Waals surface area contributed by atoms with Crippen LogP contribution < -0.4 is 15.0 Å². The van der Waals surface area contributed by atoms with Crippen LogP contribution in [0.15, 0.2) is 48.5 Å². The van der Waals surface area contributed by atoms with Gasteiger partial charge in [0.15, 0.2) is 0 Å². The SMILES string of the molecule is O=C(O)[C@@H](CCN[C@H]1COc2ccccc2N(Cc2ccc(I)cc2)C1=O)C1CCCCC1. The van der Waals surface area contributed by atoms with Gasteiger partial charge in [-0.05, 0) is 84.1 Å². The van der Waals surface area contributed by atoms with E-state index in [1.54, 1.807) is 4.90 Å². The van der Waals surface area contributed by atoms with Gasteiger partial charge in [-0.2, -0.15) is 0 Å². The quantitative estimate of drug-likeness (QED) is 0.450. The molecule has 2 aliphatic rings. The Morgan fingerprint density at radius 3 is 2.58 bits per heavy atom. The molecule has 176 valence electrons. The minimum Gasteiger partial charge on any atom is -0.489 e. The van der Waals surface area contributed by atoms with Gasteiger partial charge in [-0.1, -0.05) is 43.5 Å². The van der Waals surface area contributed by atoms with E-state index in [9.17, 15) is 14.7 Å². The molecule has 2 aromatic rings. The average Bonchev–Trinajstić information content (AvgIpc) is 2.95. The van der Waals surface area contributed by atoms with Crippen molar-refractivity contribution in [2.75, 3.05) is 18.1 Å². The molecule has 0 radical (unpaired) electrons. The van der Waals surface area contributed by atoms with Gasteiger partial charge in [0.1, 0.15) is 18.4 Å². The number of ether oxygens (including phenoxy) is 1. The largest absolute Gasteiger partial charge is 0.489 e. The number of nitrogens with zero attached hydrogens (tertiary/aromatic N) is 1. The third-order valence-electron chi connectivity index (χ3n) is 6.76. The first-order valence-electron chi connectivity index (χ1n) is 11.8. The summed E-state index contributed by atoms with van der Waals surface area (Å²) in [4.78, 5) is 27.2. The first-order valence-corrected chi connectivity index (χ1v) is 12.8. The maximum Gasteiger partial charge on any atom is 0.306 e. The lowest BCUT2D eigenvalue weighted by molar-refractivity contribution is -0.144. The van der Waals surface area contributed by atoms with Crippen molar-refractivity contribution in [1.29, 1.82) is 0 Å². The number of nitrogens with one attached hydrogen (secondary N) is 1. The topological polar surface area (TPSA) is 78.9 Å². The van der Waals surface area contributed by atoms with Gasteiger partial charge in [-0.15, -0.1) is 0 Å². The Morgan fingerprint density at radius 1 is 1.12 bits per heavy atom. The number of carbonyl (C=O) groups excluding carboxylic acids is 1. The number of fused-ring (bicyclic) bond motifs is 1. The minimum atomic E-state index is -0.722. The average molecular weight is 562 g/mol. The Kier molecular flexibility index (Phi) is 8.25. The van der Waals surface area contributed by atoms with E-state index in [1.165, 1.54) is 6.42 Å². The third kappa shape index (κ3) is 6.06. The molecule has 0 unspecified atom stereocenters. The van der Waals surface area contributed by atoms with E-state index in [1.807, 2.05) is 48.5 Å². The fraction of sp³-hybridized carbons (Fsp3) is 0.462. The van der Waals surface area contributed by atoms with E-state index in [0.29, 0.717) is 25.3 Å². The highest BCUT2D eigenvalue weighted by atomic mass is 127. The number of carboxylic acids is 1. The van der Waals surface area contributed by atoms with Gasteiger partial charge in [0.2, 0.25) is 5.91 Å². The molecule has 0 saturated heterocycles. The summed E-state index contributed by atoms with van der Waals surface area (Å²) < 4.78 is 7.14. The molecule has 1 aliphatic heterocycles. The molecule has 1 fully saturated rings. The van der Waals surface area contributed by atoms with Crippen LogP contribution in [0.2, 0.25) is 0 Å². The molecule has 2 atom stereocenters. The number of para-hydroxylation sites is 2. The van der Waals surface area contributed by atoms with Crippen molar-refractivity contribution in [3.05, 3.63) is 57.7 Å². The summed E-state index contributed by atoms with van der Waals surface area (Å²) >= 11 is 2.27. The summed E-state index contributed by atoms with van der Waals surface area (Å²) in [5.41, 5.74) is 1.80. The van der Waals surface area contributed by atoms with Crippen LogP contribution in [0, 0.1) is 15.4 Å². The van der Waals surface area contributed by atoms with E-state index in [2.05, 4.69) is 27.9 Å². The first-order chi connectivity index (χ1) is 16.0. The zero-order chi connectivity index (χ0) is 23.2. The number of hydrogen-bond acceptors (Lipinski definition) is 4. The standard InChI is InChI=1S/C26H31IN2O4/c27-20-12-10-18(11-13-20)16-29-23-8-4-5-9-24(23)33-17-22(25(29)30)28-15-14-21(26(31)32)19-6-2-1-3-7-19/h4-5,8-13,19,21-22,28H,1-3,6-7,14-17H2,(H,31,32)/t21-,22-/m0/s1. The molecule has 1 heterocycles. The molecule has 0 bridgehead atoms. The highest BCUT2D eigenvalue weighted by Crippen LogP contribution is 2.33. The van der Waals surface area contributed by atoms with E-state index >= 15 is 0 Å². The maximum absolute atomic E-state index is 13.6. The zero-order valence-corrected chi connectivity index (χ0v) is 20.9. The second kappa shape index (κ2) is 11.3. The van der Waals surface area contributed by atoms with Crippen LogP contribution in [0.5, 0.6) is 5.75 Å². The molecule has 33 heavy (non-hydrogen) atoms. The Morgan fingerprint density at radius 2 is 1.85 bits per heavy atom. The third-order valence-corrected chi connectivity index (χ3v) is 7.48. The van der Waals surface area contributed by atoms with Gasteiger partial charge in [-0.25, -0.2) is 0 Å². The van der Waals surface area contributed by atoms with E-state index < -0.39 is 12.0 Å². The first kappa shape index (κ1) is 24.0. The summed E-state index contributed by atoms with van der Waals surface area (Å²) in [5, 5.41) is 13.1. The number of halogens is 1. The molecule has 7 heteroatoms. The lowest BCUT2D eigenvalue weighted by atomic mass is 9.78. The number of aliphatic carboxylic acids is 1. The molecule has 1 saturated carbocycles. The van der Waals surface area contributed by atoms with E-state index in [-0.39, 0.29) is 24.3 Å². The molecule has 0 spiro atoms. The van der Waals surface area contributed by atoms with Gasteiger partial charge in [0.25, 0.3) is 0 Å². The highest BCUT2D eigenvalue weighted by molar-refractivity contribution is 14.1. The summed E-state index contributed by atoms with van der Waals surface area (Å²) in [6, 6.07) is 15.2. The van der Waals surface area contributed by atoms with Crippen LogP contribution in [0.1, 0.15) is 44.1 Å². The zero-order valence-electron chi connectivity index (χ0n) is 18.7. The predicted octanol–water partition coefficient (Wildman–Crippen LogP) is 4.85. The number of rotatable bonds is 8. The number of amides is 1. The number of anilines is 1. The van der Waals surface area contributed by atoms with Crippen molar-refractivity contribution in [1.82, 2.24) is 5.32 Å². The van der Waals surface area contributed by atoms with Crippen LogP contribution in [0.3, 0.4) is 0 Å². The highest BCUT2D eigenvalue weighted by Gasteiger charge is 2.33. The van der Waals surface area contributed by atoms with Crippen molar-refractivity contribution in [3.8, 4) is 5.75 Å². The maximum atomic E-state index is 13.6. The van der Waals surface area contributed by atoms with Crippen molar-refractivity contribution in [2.45, 2.75) is 51.1 Å². The van der Waals surface area contributed by atoms with Gasteiger partial charge >= 0.3 is 5.97 Å². The Bertz CT molecular complexity index is 959. The smallest absolute Gasteiger partial charge is 0.306 e. The van der Waals surface area contributed by atoms with Crippen molar-refractivity contribution >= 4 is 40.2 Å². The van der Waals surface area contributed by atoms with E-state index in [0.717, 1.165) is 40.5 Å². The van der Waals surface area contributed by atoms with Gasteiger partial charge in [-0.3, -0.25) is 9.59 Å². The van der Waals surface area contributed by atoms with Gasteiger partial charge in [0.05, 0.1) is 18.2 Å². The Hall–Kier alpha value is -2.13. The summed E-state index contributed by atoms with van der Waals surface area (Å²) in [7, 11) is 0. The Labute approximate surface area is 208 Å². The van der Waals surface area contributed by atoms with Crippen molar-refractivity contribution in [3.63, 3.8) is 0 Å². The number of carboxylic acid groups (broad SMARTS) is 1. The fourth-order valence-electron chi connectivity index (χ4n) is 4.95. The number of benzene rings is 2. The molecule has 0 aromatic heterocycles. The summed E-state index contributed by atoms with van der Waals surface area (Å²) in [6.07, 6.45) is 5.92. The van der Waals surface area contributed by atoms with Crippen molar-refractivity contribution in [2.24, 2.45) is 11.8 Å². The van der Waals surface area contributed by atoms with Crippen LogP contribution in [-0.4, -0.2) is 36.2 Å². The normalized spacial score (nSPS) is 20.0. The lowest BCUT2D eigenvalue weighted by Crippen LogP contribution is -2.49.